The van der Waals surface area contributed by atoms with E-state index in [-0.39, 0.29) is 0 Å². The molecule has 10 heavy (non-hydrogen) atoms. The maximum Gasteiger partial charge on any atom is 0.0690 e. The second kappa shape index (κ2) is 7.62. The monoisotopic (exact) mass is 137 g/mol. The zero-order valence-corrected chi connectivity index (χ0v) is 5.99. The molecule has 1 aromatic rings. The van der Waals surface area contributed by atoms with Gasteiger partial charge in [0.05, 0.1) is 12.4 Å². The normalized spacial score (nSPS) is 8.50. The van der Waals surface area contributed by atoms with Crippen LogP contribution >= 0.6 is 0 Å². The zero-order valence-electron chi connectivity index (χ0n) is 5.99. The molecule has 0 spiro atoms. The molecular formula is C7H11N3. The Labute approximate surface area is 60.5 Å². The lowest BCUT2D eigenvalue weighted by Gasteiger charge is -1.56. The first-order valence-corrected chi connectivity index (χ1v) is 2.95. The van der Waals surface area contributed by atoms with Crippen LogP contribution in [0.5, 0.6) is 0 Å². The van der Waals surface area contributed by atoms with Gasteiger partial charge in [-0.1, -0.05) is 24.8 Å². The molecule has 0 bridgehead atoms. The van der Waals surface area contributed by atoms with Crippen molar-refractivity contribution in [3.8, 4) is 0 Å². The molecule has 0 fully saturated rings. The molecule has 3 nitrogen and oxygen atoms in total. The van der Waals surface area contributed by atoms with E-state index < -0.39 is 0 Å². The van der Waals surface area contributed by atoms with Gasteiger partial charge in [-0.15, -0.1) is 0 Å². The van der Waals surface area contributed by atoms with Crippen molar-refractivity contribution < 1.29 is 0 Å². The van der Waals surface area contributed by atoms with Gasteiger partial charge in [-0.25, -0.2) is 0 Å². The maximum absolute atomic E-state index is 3.49. The summed E-state index contributed by atoms with van der Waals surface area (Å²) in [4.78, 5) is 0. The number of hydrogen-bond donors (Lipinski definition) is 1. The lowest BCUT2D eigenvalue weighted by molar-refractivity contribution is 0.940. The quantitative estimate of drug-likeness (QED) is 0.597. The standard InChI is InChI=1S/C5H8.C2H3N3/c1-3-5-4-2;1-2-4-5-3-1/h3-5H,1H2,2H3;1-2H,(H,3,4,5). The van der Waals surface area contributed by atoms with E-state index in [2.05, 4.69) is 22.0 Å². The van der Waals surface area contributed by atoms with Crippen molar-refractivity contribution in [2.24, 2.45) is 0 Å². The fourth-order valence-electron chi connectivity index (χ4n) is 0.303. The highest BCUT2D eigenvalue weighted by Gasteiger charge is 1.57. The highest BCUT2D eigenvalue weighted by atomic mass is 15.3. The molecule has 1 heterocycles. The first-order chi connectivity index (χ1) is 4.91. The van der Waals surface area contributed by atoms with Gasteiger partial charge in [-0.3, -0.25) is 0 Å². The summed E-state index contributed by atoms with van der Waals surface area (Å²) >= 11 is 0. The van der Waals surface area contributed by atoms with Gasteiger partial charge in [0.15, 0.2) is 0 Å². The smallest absolute Gasteiger partial charge is 0.0690 e. The summed E-state index contributed by atoms with van der Waals surface area (Å²) in [6.07, 6.45) is 8.74. The first kappa shape index (κ1) is 8.62. The maximum atomic E-state index is 3.49. The summed E-state index contributed by atoms with van der Waals surface area (Å²) in [6.45, 7) is 5.42. The van der Waals surface area contributed by atoms with E-state index in [0.717, 1.165) is 0 Å². The van der Waals surface area contributed by atoms with Gasteiger partial charge in [0.25, 0.3) is 0 Å². The summed E-state index contributed by atoms with van der Waals surface area (Å²) in [6, 6.07) is 0. The average molecular weight is 137 g/mol. The molecule has 0 aliphatic carbocycles. The number of nitrogens with one attached hydrogen (secondary N) is 1. The number of aromatic nitrogens is 3. The summed E-state index contributed by atoms with van der Waals surface area (Å²) in [5.74, 6) is 0. The molecule has 0 aliphatic rings. The van der Waals surface area contributed by atoms with Gasteiger partial charge in [0, 0.05) is 0 Å². The Kier molecular flexibility index (Phi) is 6.57. The van der Waals surface area contributed by atoms with Crippen LogP contribution in [-0.2, 0) is 0 Å². The summed E-state index contributed by atoms with van der Waals surface area (Å²) < 4.78 is 0. The number of allylic oxidation sites excluding steroid dienone is 3. The van der Waals surface area contributed by atoms with Crippen LogP contribution in [0.2, 0.25) is 0 Å². The summed E-state index contributed by atoms with van der Waals surface area (Å²) in [5.41, 5.74) is 0. The number of aromatic amines is 1. The van der Waals surface area contributed by atoms with Crippen molar-refractivity contribution >= 4 is 0 Å². The topological polar surface area (TPSA) is 41.6 Å². The highest BCUT2D eigenvalue weighted by molar-refractivity contribution is 4.94. The van der Waals surface area contributed by atoms with Crippen LogP contribution in [0.3, 0.4) is 0 Å². The Bertz CT molecular complexity index is 148. The molecule has 0 amide bonds. The van der Waals surface area contributed by atoms with E-state index >= 15 is 0 Å². The van der Waals surface area contributed by atoms with Gasteiger partial charge in [-0.05, 0) is 6.92 Å². The highest BCUT2D eigenvalue weighted by Crippen LogP contribution is 1.64. The van der Waals surface area contributed by atoms with Crippen molar-refractivity contribution in [2.75, 3.05) is 0 Å². The van der Waals surface area contributed by atoms with Crippen molar-refractivity contribution in [3.05, 3.63) is 37.2 Å². The molecule has 1 aromatic heterocycles. The van der Waals surface area contributed by atoms with Gasteiger partial charge in [0.1, 0.15) is 0 Å². The van der Waals surface area contributed by atoms with Crippen LogP contribution in [-0.4, -0.2) is 15.4 Å². The number of H-pyrrole nitrogens is 1. The Morgan fingerprint density at radius 2 is 2.00 bits per heavy atom. The van der Waals surface area contributed by atoms with Gasteiger partial charge < -0.3 is 0 Å². The average Bonchev–Trinajstić information content (AvgIpc) is 2.44. The molecule has 0 radical (unpaired) electrons. The molecule has 0 atom stereocenters. The Balaban J connectivity index is 0.000000162. The Morgan fingerprint density at radius 3 is 2.10 bits per heavy atom. The predicted octanol–water partition coefficient (Wildman–Crippen LogP) is 1.55. The second-order valence-electron chi connectivity index (χ2n) is 1.42. The van der Waals surface area contributed by atoms with Gasteiger partial charge in [0.2, 0.25) is 0 Å². The van der Waals surface area contributed by atoms with E-state index in [4.69, 9.17) is 0 Å². The van der Waals surface area contributed by atoms with Gasteiger partial charge in [-0.2, -0.15) is 15.4 Å². The Hall–Kier alpha value is -1.38. The minimum atomic E-state index is 1.58. The molecule has 0 unspecified atom stereocenters. The molecule has 1 rings (SSSR count). The van der Waals surface area contributed by atoms with E-state index in [1.54, 1.807) is 18.5 Å². The van der Waals surface area contributed by atoms with Gasteiger partial charge >= 0.3 is 0 Å². The number of hydrogen-bond acceptors (Lipinski definition) is 2. The van der Waals surface area contributed by atoms with Crippen LogP contribution in [0.4, 0.5) is 0 Å². The number of rotatable bonds is 1. The molecular weight excluding hydrogens is 126 g/mol. The van der Waals surface area contributed by atoms with Crippen molar-refractivity contribution in [1.29, 1.82) is 0 Å². The number of nitrogens with zero attached hydrogens (tertiary/aromatic N) is 2. The molecule has 0 aromatic carbocycles. The van der Waals surface area contributed by atoms with Crippen molar-refractivity contribution in [1.82, 2.24) is 15.4 Å². The zero-order chi connectivity index (χ0) is 7.66. The van der Waals surface area contributed by atoms with E-state index in [0.29, 0.717) is 0 Å². The molecule has 1 N–H and O–H groups in total. The first-order valence-electron chi connectivity index (χ1n) is 2.95. The predicted molar refractivity (Wildman–Crippen MR) is 41.4 cm³/mol. The largest absolute Gasteiger partial charge is 0.198 e. The van der Waals surface area contributed by atoms with E-state index in [9.17, 15) is 0 Å². The van der Waals surface area contributed by atoms with Crippen LogP contribution < -0.4 is 0 Å². The van der Waals surface area contributed by atoms with Crippen molar-refractivity contribution in [2.45, 2.75) is 6.92 Å². The third-order valence-electron chi connectivity index (χ3n) is 0.660. The van der Waals surface area contributed by atoms with Crippen molar-refractivity contribution in [3.63, 3.8) is 0 Å². The fraction of sp³-hybridized carbons (Fsp3) is 0.143. The second-order valence-corrected chi connectivity index (χ2v) is 1.42. The minimum Gasteiger partial charge on any atom is -0.198 e. The van der Waals surface area contributed by atoms with E-state index in [1.807, 2.05) is 19.1 Å². The summed E-state index contributed by atoms with van der Waals surface area (Å²) in [7, 11) is 0. The van der Waals surface area contributed by atoms with E-state index in [1.165, 1.54) is 0 Å². The molecule has 3 heteroatoms. The van der Waals surface area contributed by atoms with Crippen LogP contribution in [0.15, 0.2) is 37.2 Å². The third kappa shape index (κ3) is 6.62. The lowest BCUT2D eigenvalue weighted by atomic mass is 10.5. The van der Waals surface area contributed by atoms with Crippen LogP contribution in [0.1, 0.15) is 6.92 Å². The third-order valence-corrected chi connectivity index (χ3v) is 0.660. The Morgan fingerprint density at radius 1 is 1.40 bits per heavy atom. The summed E-state index contributed by atoms with van der Waals surface area (Å²) in [5, 5.41) is 9.33. The molecule has 0 saturated carbocycles. The minimum absolute atomic E-state index is 1.58. The molecule has 54 valence electrons. The molecule has 0 aliphatic heterocycles. The van der Waals surface area contributed by atoms with Crippen LogP contribution in [0.25, 0.3) is 0 Å². The van der Waals surface area contributed by atoms with Crippen LogP contribution in [0, 0.1) is 0 Å². The molecule has 0 saturated heterocycles. The SMILES string of the molecule is C=CC=CC.c1cn[nH]n1. The lowest BCUT2D eigenvalue weighted by Crippen LogP contribution is -1.61. The fourth-order valence-corrected chi connectivity index (χ4v) is 0.303.